The minimum Gasteiger partial charge on any atom is -0.139 e. The van der Waals surface area contributed by atoms with Crippen molar-refractivity contribution in [2.45, 2.75) is 0 Å². The van der Waals surface area contributed by atoms with Crippen molar-refractivity contribution >= 4 is 0 Å². The van der Waals surface area contributed by atoms with E-state index in [4.69, 9.17) is 19.8 Å². The molecular weight excluding hydrogens is 254 g/mol. The molecule has 0 radical (unpaired) electrons. The van der Waals surface area contributed by atoms with Crippen molar-refractivity contribution in [1.29, 1.82) is 0 Å². The van der Waals surface area contributed by atoms with Crippen molar-refractivity contribution in [3.63, 3.8) is 0 Å². The lowest BCUT2D eigenvalue weighted by Gasteiger charge is -2.31. The van der Waals surface area contributed by atoms with Crippen LogP contribution in [0.25, 0.3) is 0 Å². The Morgan fingerprint density at radius 2 is 0.842 bits per heavy atom. The van der Waals surface area contributed by atoms with Crippen LogP contribution in [-0.4, -0.2) is 89.6 Å². The van der Waals surface area contributed by atoms with E-state index >= 15 is 0 Å². The fourth-order valence-electron chi connectivity index (χ4n) is 1.11. The summed E-state index contributed by atoms with van der Waals surface area (Å²) in [7, 11) is 18.0. The van der Waals surface area contributed by atoms with E-state index in [9.17, 15) is 0 Å². The Kier molecular flexibility index (Phi) is 5.84. The summed E-state index contributed by atoms with van der Waals surface area (Å²) in [6, 6.07) is 0. The van der Waals surface area contributed by atoms with Gasteiger partial charge in [0.25, 0.3) is 0 Å². The van der Waals surface area contributed by atoms with Crippen molar-refractivity contribution < 1.29 is 38.8 Å². The van der Waals surface area contributed by atoms with Crippen molar-refractivity contribution in [1.82, 2.24) is 5.48 Å². The zero-order valence-electron chi connectivity index (χ0n) is 13.9. The van der Waals surface area contributed by atoms with Crippen molar-refractivity contribution in [2.75, 3.05) is 70.5 Å². The Morgan fingerprint density at radius 1 is 0.579 bits per heavy atom. The molecule has 9 nitrogen and oxygen atoms in total. The van der Waals surface area contributed by atoms with Crippen LogP contribution in [0.5, 0.6) is 0 Å². The van der Waals surface area contributed by atoms with Crippen LogP contribution >= 0.6 is 0 Å². The largest absolute Gasteiger partial charge is 0.419 e. The molecule has 0 spiro atoms. The van der Waals surface area contributed by atoms with E-state index in [-0.39, 0.29) is 13.9 Å². The number of rotatable bonds is 8. The van der Waals surface area contributed by atoms with E-state index in [1.54, 1.807) is 7.05 Å². The molecule has 0 bridgehead atoms. The van der Waals surface area contributed by atoms with Gasteiger partial charge in [-0.25, -0.2) is 0 Å². The molecule has 0 aromatic heterocycles. The number of quaternary nitrogens is 4. The van der Waals surface area contributed by atoms with Gasteiger partial charge in [0, 0.05) is 12.0 Å². The van der Waals surface area contributed by atoms with Crippen molar-refractivity contribution in [3.05, 3.63) is 0 Å². The van der Waals surface area contributed by atoms with Crippen LogP contribution in [0.3, 0.4) is 0 Å². The van der Waals surface area contributed by atoms with Gasteiger partial charge in [-0.15, -0.1) is 19.4 Å². The van der Waals surface area contributed by atoms with Gasteiger partial charge in [-0.05, 0) is 0 Å². The van der Waals surface area contributed by atoms with Gasteiger partial charge < -0.3 is 0 Å². The van der Waals surface area contributed by atoms with Crippen LogP contribution in [0.1, 0.15) is 0 Å². The van der Waals surface area contributed by atoms with E-state index < -0.39 is 5.14 Å². The molecule has 0 aliphatic rings. The highest BCUT2D eigenvalue weighted by Crippen LogP contribution is 2.21. The Labute approximate surface area is 116 Å². The first kappa shape index (κ1) is 18.6. The van der Waals surface area contributed by atoms with Crippen LogP contribution in [0.2, 0.25) is 0 Å². The molecule has 0 fully saturated rings. The van der Waals surface area contributed by atoms with Gasteiger partial charge in [-0.3, -0.25) is 0 Å². The molecule has 116 valence electrons. The second-order valence-corrected chi connectivity index (χ2v) is 6.66. The molecule has 0 atom stereocenters. The molecule has 0 aromatic rings. The van der Waals surface area contributed by atoms with Gasteiger partial charge in [-0.1, -0.05) is 0 Å². The highest BCUT2D eigenvalue weighted by molar-refractivity contribution is 3.80. The standard InChI is InChI=1S/C10H31N5O4/c1-11-16-15(17-12(2,3)4,18-13(5,6)7)19-14(8,9)10/h11H,1-10H3/q+4. The number of hydrogen-bond donors (Lipinski definition) is 1. The Balaban J connectivity index is 5.34. The smallest absolute Gasteiger partial charge is 0.139 e. The Bertz CT molecular complexity index is 238. The fourth-order valence-corrected chi connectivity index (χ4v) is 1.11. The molecule has 0 saturated heterocycles. The molecule has 0 aromatic carbocycles. The van der Waals surface area contributed by atoms with Crippen molar-refractivity contribution in [3.8, 4) is 0 Å². The summed E-state index contributed by atoms with van der Waals surface area (Å²) in [5.74, 6) is 0. The maximum absolute atomic E-state index is 5.73. The predicted octanol–water partition coefficient (Wildman–Crippen LogP) is -0.472. The van der Waals surface area contributed by atoms with Crippen LogP contribution < -0.4 is 5.48 Å². The maximum atomic E-state index is 5.73. The molecule has 0 saturated carbocycles. The lowest BCUT2D eigenvalue weighted by atomic mass is 10.9. The summed E-state index contributed by atoms with van der Waals surface area (Å²) in [5.41, 5.74) is 2.54. The van der Waals surface area contributed by atoms with Crippen LogP contribution in [0.4, 0.5) is 0 Å². The number of hydroxylamine groups is 10. The molecule has 0 aliphatic carbocycles. The summed E-state index contributed by atoms with van der Waals surface area (Å²) in [4.78, 5) is 22.5. The Hall–Kier alpha value is -0.360. The second kappa shape index (κ2) is 5.95. The minimum atomic E-state index is -0.924. The van der Waals surface area contributed by atoms with Gasteiger partial charge >= 0.3 is 5.14 Å². The molecule has 9 heteroatoms. The van der Waals surface area contributed by atoms with E-state index in [2.05, 4.69) is 5.48 Å². The molecular formula is C10H31N5O4+4. The van der Waals surface area contributed by atoms with Crippen LogP contribution in [0.15, 0.2) is 0 Å². The summed E-state index contributed by atoms with van der Waals surface area (Å²) in [6.07, 6.45) is 0. The molecule has 19 heavy (non-hydrogen) atoms. The quantitative estimate of drug-likeness (QED) is 0.482. The molecule has 0 aliphatic heterocycles. The average Bonchev–Trinajstić information content (AvgIpc) is 1.90. The predicted molar refractivity (Wildman–Crippen MR) is 67.8 cm³/mol. The molecule has 1 N–H and O–H groups in total. The van der Waals surface area contributed by atoms with E-state index in [0.29, 0.717) is 0 Å². The van der Waals surface area contributed by atoms with Gasteiger partial charge in [-0.2, -0.15) is 0 Å². The molecule has 0 unspecified atom stereocenters. The SMILES string of the molecule is CNO[N+](O[N+](C)(C)C)(O[N+](C)(C)C)O[N+](C)(C)C. The number of nitrogens with one attached hydrogen (secondary N) is 1. The molecule has 0 heterocycles. The Morgan fingerprint density at radius 3 is 1.00 bits per heavy atom. The highest BCUT2D eigenvalue weighted by atomic mass is 17.5. The van der Waals surface area contributed by atoms with Gasteiger partial charge in [0.2, 0.25) is 0 Å². The summed E-state index contributed by atoms with van der Waals surface area (Å²) < 4.78 is 0.338. The zero-order valence-corrected chi connectivity index (χ0v) is 13.9. The van der Waals surface area contributed by atoms with Crippen molar-refractivity contribution in [2.24, 2.45) is 0 Å². The number of hydrogen-bond acceptors (Lipinski definition) is 5. The number of nitrogens with zero attached hydrogens (tertiary/aromatic N) is 4. The lowest BCUT2D eigenvalue weighted by molar-refractivity contribution is -1.67. The van der Waals surface area contributed by atoms with Gasteiger partial charge in [0.1, 0.15) is 78.2 Å². The van der Waals surface area contributed by atoms with Gasteiger partial charge in [0.15, 0.2) is 0 Å². The van der Waals surface area contributed by atoms with Crippen LogP contribution in [-0.2, 0) is 19.8 Å². The molecule has 0 rings (SSSR count). The molecule has 0 amide bonds. The third kappa shape index (κ3) is 9.21. The van der Waals surface area contributed by atoms with E-state index in [1.165, 1.54) is 0 Å². The van der Waals surface area contributed by atoms with E-state index in [0.717, 1.165) is 0 Å². The van der Waals surface area contributed by atoms with Gasteiger partial charge in [0.05, 0.1) is 0 Å². The first-order chi connectivity index (χ1) is 8.18. The summed E-state index contributed by atoms with van der Waals surface area (Å²) in [5, 5.41) is -0.924. The maximum Gasteiger partial charge on any atom is 0.419 e. The third-order valence-corrected chi connectivity index (χ3v) is 1.24. The lowest BCUT2D eigenvalue weighted by Crippen LogP contribution is -2.65. The fraction of sp³-hybridized carbons (Fsp3) is 1.00. The highest BCUT2D eigenvalue weighted by Gasteiger charge is 2.58. The average molecular weight is 285 g/mol. The second-order valence-electron chi connectivity index (χ2n) is 6.66. The third-order valence-electron chi connectivity index (χ3n) is 1.24. The van der Waals surface area contributed by atoms with E-state index in [1.807, 2.05) is 63.4 Å². The minimum absolute atomic E-state index is 0.113. The monoisotopic (exact) mass is 285 g/mol. The summed E-state index contributed by atoms with van der Waals surface area (Å²) in [6.45, 7) is 0. The first-order valence-corrected chi connectivity index (χ1v) is 6.01. The zero-order chi connectivity index (χ0) is 15.5. The normalized spacial score (nSPS) is 14.8. The summed E-state index contributed by atoms with van der Waals surface area (Å²) >= 11 is 0. The first-order valence-electron chi connectivity index (χ1n) is 6.01. The van der Waals surface area contributed by atoms with Crippen LogP contribution in [0, 0.1) is 0 Å². The topological polar surface area (TPSA) is 49.0 Å².